The fourth-order valence-electron chi connectivity index (χ4n) is 20.5. The van der Waals surface area contributed by atoms with Gasteiger partial charge >= 0.3 is 29.8 Å². The van der Waals surface area contributed by atoms with Gasteiger partial charge in [-0.2, -0.15) is 0 Å². The molecule has 0 aromatic heterocycles. The predicted octanol–water partition coefficient (Wildman–Crippen LogP) is 24.6. The maximum absolute atomic E-state index is 11.7. The van der Waals surface area contributed by atoms with Gasteiger partial charge in [-0.3, -0.25) is 24.0 Å². The molecule has 570 valence electrons. The normalized spacial score (nSPS) is 32.2. The van der Waals surface area contributed by atoms with Gasteiger partial charge < -0.3 is 23.7 Å². The van der Waals surface area contributed by atoms with Crippen LogP contribution in [0, 0.1) is 80.8 Å². The third kappa shape index (κ3) is 22.0. The summed E-state index contributed by atoms with van der Waals surface area (Å²) in [5.74, 6) is 5.24. The minimum atomic E-state index is -0.393. The van der Waals surface area contributed by atoms with Crippen LogP contribution in [0.4, 0.5) is 0 Å². The van der Waals surface area contributed by atoms with Crippen LogP contribution in [-0.2, 0) is 47.7 Å². The molecule has 0 amide bonds. The summed E-state index contributed by atoms with van der Waals surface area (Å²) in [6.45, 7) is 61.8. The van der Waals surface area contributed by atoms with E-state index in [0.29, 0.717) is 102 Å². The summed E-state index contributed by atoms with van der Waals surface area (Å²) in [6, 6.07) is 0. The lowest BCUT2D eigenvalue weighted by atomic mass is 9.55. The molecule has 0 aromatic carbocycles. The number of hydrogen-bond donors (Lipinski definition) is 0. The lowest BCUT2D eigenvalue weighted by molar-refractivity contribution is -0.166. The van der Waals surface area contributed by atoms with Crippen LogP contribution in [0.2, 0.25) is 0 Å². The highest BCUT2D eigenvalue weighted by Crippen LogP contribution is 2.58. The Morgan fingerprint density at radius 3 is 1.44 bits per heavy atom. The molecule has 9 rings (SSSR count). The number of allylic oxidation sites excluding steroid dienone is 10. The van der Waals surface area contributed by atoms with Crippen molar-refractivity contribution in [2.24, 2.45) is 80.8 Å². The van der Waals surface area contributed by atoms with Gasteiger partial charge in [0.25, 0.3) is 0 Å². The summed E-state index contributed by atoms with van der Waals surface area (Å²) < 4.78 is 28.6. The quantitative estimate of drug-likeness (QED) is 0.0836. The Labute approximate surface area is 612 Å². The summed E-state index contributed by atoms with van der Waals surface area (Å²) in [7, 11) is 0. The molecule has 0 aliphatic heterocycles. The number of rotatable bonds is 16. The van der Waals surface area contributed by atoms with Crippen molar-refractivity contribution in [1.82, 2.24) is 0 Å². The van der Waals surface area contributed by atoms with Crippen molar-refractivity contribution in [2.75, 3.05) is 0 Å². The standard InChI is InChI=1S/5C18H30O2/c3*1-6-16(19)20-17(3,4)14-9-11-18(5)10-7-8-13(2)15(18)12-14;1-6-16(19)20-18(4,5)15-11-10-14-9-7-8-12(2)17(14)13(15)3;1-8-16(19)20-17(5,6)14-10-11-18(7,9-2)15(12-14)13(3)4/h14H,6-12H2,1-5H3;8,14-15H,6-7,9-12H2,1-5H3;14-15H,2,6-12H2,1,3-5H3;9,12-13,15,17H,6-8,10-11H2,1-5H3;9,14H,2,8,10-12H2,1,3-7H3/t14-,18-;2*14-,15+,18-;12-,13+,15-,17?;14-,18-/m11111/s1. The Kier molecular flexibility index (Phi) is 30.9. The molecule has 10 heteroatoms. The van der Waals surface area contributed by atoms with E-state index in [1.165, 1.54) is 132 Å². The number of fused-ring (bicyclic) bond motifs is 4. The molecule has 0 spiro atoms. The van der Waals surface area contributed by atoms with Gasteiger partial charge in [-0.25, -0.2) is 0 Å². The average molecular weight is 1390 g/mol. The molecule has 0 heterocycles. The lowest BCUT2D eigenvalue weighted by Crippen LogP contribution is -2.46. The Morgan fingerprint density at radius 2 is 0.950 bits per heavy atom. The molecule has 0 bridgehead atoms. The summed E-state index contributed by atoms with van der Waals surface area (Å²) in [5.41, 5.74) is 10.5. The predicted molar refractivity (Wildman–Crippen MR) is 414 cm³/mol. The van der Waals surface area contributed by atoms with Crippen molar-refractivity contribution < 1.29 is 47.7 Å². The van der Waals surface area contributed by atoms with Crippen molar-refractivity contribution in [1.29, 1.82) is 0 Å². The first-order chi connectivity index (χ1) is 46.4. The Morgan fingerprint density at radius 1 is 0.510 bits per heavy atom. The molecule has 14 atom stereocenters. The van der Waals surface area contributed by atoms with E-state index < -0.39 is 5.60 Å². The lowest BCUT2D eigenvalue weighted by Gasteiger charge is -2.51. The topological polar surface area (TPSA) is 132 Å². The third-order valence-electron chi connectivity index (χ3n) is 27.7. The van der Waals surface area contributed by atoms with Gasteiger partial charge in [-0.1, -0.05) is 140 Å². The third-order valence-corrected chi connectivity index (χ3v) is 27.7. The van der Waals surface area contributed by atoms with Crippen LogP contribution >= 0.6 is 0 Å². The second-order valence-electron chi connectivity index (χ2n) is 37.0. The van der Waals surface area contributed by atoms with E-state index in [1.54, 1.807) is 22.3 Å². The van der Waals surface area contributed by atoms with Gasteiger partial charge in [-0.05, 0) is 309 Å². The van der Waals surface area contributed by atoms with Crippen LogP contribution in [-0.4, -0.2) is 57.9 Å². The van der Waals surface area contributed by atoms with Crippen LogP contribution in [0.1, 0.15) is 359 Å². The van der Waals surface area contributed by atoms with Crippen LogP contribution in [0.3, 0.4) is 0 Å². The zero-order chi connectivity index (χ0) is 75.4. The van der Waals surface area contributed by atoms with E-state index in [4.69, 9.17) is 23.7 Å². The van der Waals surface area contributed by atoms with Crippen molar-refractivity contribution in [2.45, 2.75) is 387 Å². The molecule has 0 saturated heterocycles. The first-order valence-corrected chi connectivity index (χ1v) is 40.5. The molecule has 0 radical (unpaired) electrons. The molecule has 100 heavy (non-hydrogen) atoms. The van der Waals surface area contributed by atoms with Gasteiger partial charge in [0, 0.05) is 55.3 Å². The van der Waals surface area contributed by atoms with Gasteiger partial charge in [0.2, 0.25) is 0 Å². The molecule has 9 aliphatic rings. The minimum absolute atomic E-state index is 0.0692. The van der Waals surface area contributed by atoms with Crippen LogP contribution in [0.15, 0.2) is 70.4 Å². The highest BCUT2D eigenvalue weighted by Gasteiger charge is 2.51. The fraction of sp³-hybridized carbons (Fsp3) is 0.811. The molecular weight excluding hydrogens is 1240 g/mol. The monoisotopic (exact) mass is 1390 g/mol. The number of hydrogen-bond acceptors (Lipinski definition) is 10. The van der Waals surface area contributed by atoms with Crippen molar-refractivity contribution in [3.63, 3.8) is 0 Å². The van der Waals surface area contributed by atoms with E-state index in [9.17, 15) is 24.0 Å². The van der Waals surface area contributed by atoms with Crippen molar-refractivity contribution in [3.05, 3.63) is 70.4 Å². The van der Waals surface area contributed by atoms with E-state index in [0.717, 1.165) is 44.4 Å². The molecule has 0 aromatic rings. The zero-order valence-corrected chi connectivity index (χ0v) is 69.0. The maximum Gasteiger partial charge on any atom is 0.306 e. The van der Waals surface area contributed by atoms with E-state index >= 15 is 0 Å². The molecule has 6 saturated carbocycles. The zero-order valence-electron chi connectivity index (χ0n) is 69.0. The minimum Gasteiger partial charge on any atom is -0.459 e. The molecule has 1 unspecified atom stereocenters. The summed E-state index contributed by atoms with van der Waals surface area (Å²) in [6.07, 6.45) is 38.3. The molecule has 10 nitrogen and oxygen atoms in total. The fourth-order valence-corrected chi connectivity index (χ4v) is 20.5. The van der Waals surface area contributed by atoms with Gasteiger partial charge in [0.05, 0.1) is 0 Å². The highest BCUT2D eigenvalue weighted by molar-refractivity contribution is 5.71. The van der Waals surface area contributed by atoms with Gasteiger partial charge in [0.15, 0.2) is 0 Å². The summed E-state index contributed by atoms with van der Waals surface area (Å²) in [4.78, 5) is 58.2. The number of esters is 5. The first kappa shape index (κ1) is 86.4. The van der Waals surface area contributed by atoms with E-state index in [-0.39, 0.29) is 57.7 Å². The Hall–Kier alpha value is -4.21. The van der Waals surface area contributed by atoms with E-state index in [2.05, 4.69) is 156 Å². The van der Waals surface area contributed by atoms with Gasteiger partial charge in [-0.15, -0.1) is 6.58 Å². The highest BCUT2D eigenvalue weighted by atomic mass is 16.6. The maximum atomic E-state index is 11.7. The smallest absolute Gasteiger partial charge is 0.306 e. The molecule has 6 fully saturated rings. The van der Waals surface area contributed by atoms with Crippen LogP contribution < -0.4 is 0 Å². The largest absolute Gasteiger partial charge is 0.459 e. The first-order valence-electron chi connectivity index (χ1n) is 40.5. The molecular formula is C90H150O10. The summed E-state index contributed by atoms with van der Waals surface area (Å²) in [5, 5.41) is 0. The number of carbonyl (C=O) groups excluding carboxylic acids is 5. The van der Waals surface area contributed by atoms with Crippen molar-refractivity contribution in [3.8, 4) is 0 Å². The average Bonchev–Trinajstić information content (AvgIpc) is 0.794. The summed E-state index contributed by atoms with van der Waals surface area (Å²) >= 11 is 0. The number of carbonyl (C=O) groups is 5. The Balaban J connectivity index is 0.000000225. The van der Waals surface area contributed by atoms with Crippen molar-refractivity contribution >= 4 is 29.8 Å². The Bertz CT molecular complexity index is 2900. The molecule has 9 aliphatic carbocycles. The van der Waals surface area contributed by atoms with Gasteiger partial charge in [0.1, 0.15) is 28.0 Å². The van der Waals surface area contributed by atoms with Crippen LogP contribution in [0.5, 0.6) is 0 Å². The number of ether oxygens (including phenoxy) is 5. The second-order valence-corrected chi connectivity index (χ2v) is 37.0. The second kappa shape index (κ2) is 35.7. The molecule has 0 N–H and O–H groups in total. The van der Waals surface area contributed by atoms with E-state index in [1.807, 2.05) is 48.5 Å². The SMILES string of the molecule is C=C1CCC[C@]2(C)CC[C@@H](C(C)(C)OC(=O)CC)C[C@@H]12.C=C[C@]1(C)CC[C@@H](C(C)(C)OC(=O)CC)CC1=C(C)C.CCC(=O)OC(C)(C)[C@@H]1CCC2=CCC[C@@H](C)C2[C@H]1C.CCC(=O)OC(C)(C)[C@@H]1CC[C@@]2(C)CCC=C(C)[C@@H]2C1.CCC(=O)OC(C)(C)[C@@H]1CC[C@@]2(C)CCCC(C)=C2C1. The van der Waals surface area contributed by atoms with Crippen LogP contribution in [0.25, 0.3) is 0 Å².